The molecule has 8 heteroatoms. The lowest BCUT2D eigenvalue weighted by molar-refractivity contribution is -0.150. The number of benzene rings is 1. The predicted octanol–water partition coefficient (Wildman–Crippen LogP) is 2.84. The van der Waals surface area contributed by atoms with E-state index in [1.54, 1.807) is 16.7 Å². The Morgan fingerprint density at radius 1 is 1.38 bits per heavy atom. The minimum atomic E-state index is -0.485. The summed E-state index contributed by atoms with van der Waals surface area (Å²) in [5.41, 5.74) is 0.796. The van der Waals surface area contributed by atoms with Gasteiger partial charge in [-0.2, -0.15) is 4.98 Å². The van der Waals surface area contributed by atoms with E-state index in [9.17, 15) is 9.59 Å². The molecular formula is C18H21N3O4S. The molecule has 1 aromatic carbocycles. The summed E-state index contributed by atoms with van der Waals surface area (Å²) in [5.74, 6) is -0.102. The molecule has 1 aliphatic heterocycles. The first-order valence-electron chi connectivity index (χ1n) is 8.53. The molecule has 2 aromatic rings. The van der Waals surface area contributed by atoms with Crippen LogP contribution in [-0.4, -0.2) is 34.8 Å². The summed E-state index contributed by atoms with van der Waals surface area (Å²) in [6, 6.07) is 7.71. The first-order chi connectivity index (χ1) is 12.6. The van der Waals surface area contributed by atoms with Crippen molar-refractivity contribution in [3.63, 3.8) is 0 Å². The van der Waals surface area contributed by atoms with E-state index in [1.807, 2.05) is 37.4 Å². The van der Waals surface area contributed by atoms with Gasteiger partial charge in [-0.1, -0.05) is 12.1 Å². The molecule has 0 aliphatic carbocycles. The molecule has 3 rings (SSSR count). The number of thioether (sulfide) groups is 1. The average molecular weight is 375 g/mol. The molecular weight excluding hydrogens is 354 g/mol. The van der Waals surface area contributed by atoms with Crippen molar-refractivity contribution < 1.29 is 18.8 Å². The minimum absolute atomic E-state index is 0.0668. The smallest absolute Gasteiger partial charge is 0.311 e. The van der Waals surface area contributed by atoms with Crippen LogP contribution in [0.15, 0.2) is 33.7 Å². The predicted molar refractivity (Wildman–Crippen MR) is 96.8 cm³/mol. The van der Waals surface area contributed by atoms with Crippen LogP contribution in [0.25, 0.3) is 0 Å². The highest BCUT2D eigenvalue weighted by Crippen LogP contribution is 2.27. The van der Waals surface area contributed by atoms with E-state index in [-0.39, 0.29) is 24.8 Å². The number of aromatic nitrogens is 2. The highest BCUT2D eigenvalue weighted by atomic mass is 32.2. The van der Waals surface area contributed by atoms with E-state index in [0.29, 0.717) is 12.4 Å². The van der Waals surface area contributed by atoms with Crippen LogP contribution in [0.5, 0.6) is 0 Å². The second-order valence-electron chi connectivity index (χ2n) is 6.07. The molecule has 1 aliphatic rings. The molecule has 1 saturated heterocycles. The topological polar surface area (TPSA) is 85.5 Å². The van der Waals surface area contributed by atoms with Gasteiger partial charge >= 0.3 is 5.97 Å². The van der Waals surface area contributed by atoms with Gasteiger partial charge in [-0.05, 0) is 36.9 Å². The first-order valence-corrected chi connectivity index (χ1v) is 9.75. The Hall–Kier alpha value is -2.35. The Balaban J connectivity index is 1.55. The van der Waals surface area contributed by atoms with Gasteiger partial charge < -0.3 is 14.2 Å². The molecule has 7 nitrogen and oxygen atoms in total. The first kappa shape index (κ1) is 18.4. The molecule has 1 amide bonds. The summed E-state index contributed by atoms with van der Waals surface area (Å²) in [5, 5.41) is 3.82. The van der Waals surface area contributed by atoms with Gasteiger partial charge in [0, 0.05) is 30.0 Å². The van der Waals surface area contributed by atoms with Gasteiger partial charge in [-0.3, -0.25) is 9.59 Å². The Morgan fingerprint density at radius 3 is 2.85 bits per heavy atom. The fourth-order valence-electron chi connectivity index (χ4n) is 2.80. The Labute approximate surface area is 156 Å². The Bertz CT molecular complexity index is 775. The molecule has 0 N–H and O–H groups in total. The number of esters is 1. The lowest BCUT2D eigenvalue weighted by atomic mass is 10.1. The number of aryl methyl sites for hydroxylation is 1. The number of hydrogen-bond donors (Lipinski definition) is 0. The maximum Gasteiger partial charge on any atom is 0.311 e. The van der Waals surface area contributed by atoms with Crippen molar-refractivity contribution in [1.82, 2.24) is 10.1 Å². The van der Waals surface area contributed by atoms with Gasteiger partial charge in [0.15, 0.2) is 12.4 Å². The fraction of sp³-hybridized carbons (Fsp3) is 0.444. The SMILES string of the molecule is CCCc1noc(COC(=O)C2CC(=O)N(c3ccc(SC)cc3)C2)n1. The number of hydrogen-bond acceptors (Lipinski definition) is 7. The lowest BCUT2D eigenvalue weighted by Gasteiger charge is -2.16. The summed E-state index contributed by atoms with van der Waals surface area (Å²) in [6.45, 7) is 2.28. The summed E-state index contributed by atoms with van der Waals surface area (Å²) in [7, 11) is 0. The molecule has 0 radical (unpaired) electrons. The number of rotatable bonds is 7. The normalized spacial score (nSPS) is 16.9. The number of amides is 1. The molecule has 1 unspecified atom stereocenters. The number of nitrogens with zero attached hydrogens (tertiary/aromatic N) is 3. The minimum Gasteiger partial charge on any atom is -0.455 e. The molecule has 0 spiro atoms. The number of anilines is 1. The monoisotopic (exact) mass is 375 g/mol. The van der Waals surface area contributed by atoms with E-state index in [4.69, 9.17) is 9.26 Å². The van der Waals surface area contributed by atoms with Crippen molar-refractivity contribution in [3.05, 3.63) is 36.0 Å². The van der Waals surface area contributed by atoms with Crippen LogP contribution in [0.2, 0.25) is 0 Å². The van der Waals surface area contributed by atoms with Crippen molar-refractivity contribution in [1.29, 1.82) is 0 Å². The van der Waals surface area contributed by atoms with Gasteiger partial charge in [0.05, 0.1) is 5.92 Å². The van der Waals surface area contributed by atoms with Crippen LogP contribution in [0.3, 0.4) is 0 Å². The van der Waals surface area contributed by atoms with Crippen LogP contribution >= 0.6 is 11.8 Å². The average Bonchev–Trinajstić information content (AvgIpc) is 3.27. The summed E-state index contributed by atoms with van der Waals surface area (Å²) in [4.78, 5) is 31.5. The zero-order valence-electron chi connectivity index (χ0n) is 14.8. The van der Waals surface area contributed by atoms with E-state index in [1.165, 1.54) is 0 Å². The maximum atomic E-state index is 12.3. The van der Waals surface area contributed by atoms with Crippen molar-refractivity contribution in [2.75, 3.05) is 17.7 Å². The second-order valence-corrected chi connectivity index (χ2v) is 6.95. The van der Waals surface area contributed by atoms with Crippen LogP contribution < -0.4 is 4.90 Å². The zero-order chi connectivity index (χ0) is 18.5. The van der Waals surface area contributed by atoms with E-state index < -0.39 is 11.9 Å². The highest BCUT2D eigenvalue weighted by Gasteiger charge is 2.36. The largest absolute Gasteiger partial charge is 0.455 e. The molecule has 1 atom stereocenters. The van der Waals surface area contributed by atoms with Gasteiger partial charge in [-0.25, -0.2) is 0 Å². The molecule has 138 valence electrons. The third-order valence-electron chi connectivity index (χ3n) is 4.16. The summed E-state index contributed by atoms with van der Waals surface area (Å²) >= 11 is 1.64. The van der Waals surface area contributed by atoms with Gasteiger partial charge in [0.1, 0.15) is 0 Å². The van der Waals surface area contributed by atoms with E-state index >= 15 is 0 Å². The van der Waals surface area contributed by atoms with Gasteiger partial charge in [0.25, 0.3) is 5.89 Å². The van der Waals surface area contributed by atoms with E-state index in [2.05, 4.69) is 10.1 Å². The van der Waals surface area contributed by atoms with Crippen molar-refractivity contribution >= 4 is 29.3 Å². The zero-order valence-corrected chi connectivity index (χ0v) is 15.6. The van der Waals surface area contributed by atoms with Crippen molar-refractivity contribution in [3.8, 4) is 0 Å². The third-order valence-corrected chi connectivity index (χ3v) is 4.91. The second kappa shape index (κ2) is 8.35. The number of carbonyl (C=O) groups is 2. The van der Waals surface area contributed by atoms with Crippen LogP contribution in [0, 0.1) is 5.92 Å². The van der Waals surface area contributed by atoms with Gasteiger partial charge in [0.2, 0.25) is 5.91 Å². The maximum absolute atomic E-state index is 12.3. The van der Waals surface area contributed by atoms with Crippen LogP contribution in [0.1, 0.15) is 31.5 Å². The molecule has 1 fully saturated rings. The fourth-order valence-corrected chi connectivity index (χ4v) is 3.21. The van der Waals surface area contributed by atoms with Gasteiger partial charge in [-0.15, -0.1) is 11.8 Å². The van der Waals surface area contributed by atoms with Crippen LogP contribution in [-0.2, 0) is 27.4 Å². The summed E-state index contributed by atoms with van der Waals surface area (Å²) < 4.78 is 10.3. The standard InChI is InChI=1S/C18H21N3O4S/c1-3-4-15-19-16(25-20-15)11-24-18(23)12-9-17(22)21(10-12)13-5-7-14(26-2)8-6-13/h5-8,12H,3-4,9-11H2,1-2H3. The molecule has 0 saturated carbocycles. The lowest BCUT2D eigenvalue weighted by Crippen LogP contribution is -2.26. The summed E-state index contributed by atoms with van der Waals surface area (Å²) in [6.07, 6.45) is 3.78. The molecule has 1 aromatic heterocycles. The van der Waals surface area contributed by atoms with Crippen molar-refractivity contribution in [2.24, 2.45) is 5.92 Å². The Morgan fingerprint density at radius 2 is 2.15 bits per heavy atom. The molecule has 0 bridgehead atoms. The number of carbonyl (C=O) groups excluding carboxylic acids is 2. The number of ether oxygens (including phenoxy) is 1. The van der Waals surface area contributed by atoms with E-state index in [0.717, 1.165) is 23.4 Å². The Kier molecular flexibility index (Phi) is 5.92. The molecule has 2 heterocycles. The quantitative estimate of drug-likeness (QED) is 0.543. The highest BCUT2D eigenvalue weighted by molar-refractivity contribution is 7.98. The molecule has 26 heavy (non-hydrogen) atoms. The third kappa shape index (κ3) is 4.24. The van der Waals surface area contributed by atoms with Crippen LogP contribution in [0.4, 0.5) is 5.69 Å². The van der Waals surface area contributed by atoms with Crippen molar-refractivity contribution in [2.45, 2.75) is 37.7 Å².